The predicted molar refractivity (Wildman–Crippen MR) is 61.5 cm³/mol. The summed E-state index contributed by atoms with van der Waals surface area (Å²) in [5.74, 6) is 0.147. The summed E-state index contributed by atoms with van der Waals surface area (Å²) in [6.07, 6.45) is 0.851. The van der Waals surface area contributed by atoms with Crippen molar-refractivity contribution in [3.05, 3.63) is 47.4 Å². The molecule has 4 nitrogen and oxygen atoms in total. The molecule has 1 heterocycles. The second-order valence-corrected chi connectivity index (χ2v) is 3.73. The lowest BCUT2D eigenvalue weighted by atomic mass is 10.1. The summed E-state index contributed by atoms with van der Waals surface area (Å²) >= 11 is 0. The minimum Gasteiger partial charge on any atom is -0.478 e. The first-order valence-corrected chi connectivity index (χ1v) is 5.39. The molecule has 0 aliphatic carbocycles. The number of hydrogen-bond donors (Lipinski definition) is 1. The Hall–Kier alpha value is -2.28. The molecular weight excluding hydrogens is 216 g/mol. The fourth-order valence-electron chi connectivity index (χ4n) is 1.63. The molecule has 4 heteroatoms. The number of benzene rings is 1. The number of nitrogens with zero attached hydrogens (tertiary/aromatic N) is 1. The predicted octanol–water partition coefficient (Wildman–Crippen LogP) is 1.50. The topological polar surface area (TPSA) is 62.1 Å². The summed E-state index contributed by atoms with van der Waals surface area (Å²) in [6, 6.07) is 11.5. The number of hydrogen-bond acceptors (Lipinski definition) is 3. The van der Waals surface area contributed by atoms with Crippen molar-refractivity contribution >= 4 is 5.91 Å². The number of nitriles is 1. The van der Waals surface area contributed by atoms with Gasteiger partial charge in [-0.25, -0.2) is 0 Å². The fraction of sp³-hybridized carbons (Fsp3) is 0.231. The van der Waals surface area contributed by atoms with E-state index in [1.807, 2.05) is 36.4 Å². The highest BCUT2D eigenvalue weighted by Gasteiger charge is 2.17. The molecule has 0 saturated carbocycles. The molecule has 1 aromatic rings. The van der Waals surface area contributed by atoms with Gasteiger partial charge < -0.3 is 4.74 Å². The average Bonchev–Trinajstić information content (AvgIpc) is 2.77. The third kappa shape index (κ3) is 2.85. The molecule has 0 spiro atoms. The van der Waals surface area contributed by atoms with Gasteiger partial charge in [-0.05, 0) is 5.56 Å². The van der Waals surface area contributed by atoms with Gasteiger partial charge >= 0.3 is 0 Å². The largest absolute Gasteiger partial charge is 0.478 e. The van der Waals surface area contributed by atoms with Crippen molar-refractivity contribution in [1.82, 2.24) is 5.32 Å². The van der Waals surface area contributed by atoms with E-state index in [1.165, 1.54) is 0 Å². The van der Waals surface area contributed by atoms with Crippen molar-refractivity contribution < 1.29 is 9.53 Å². The van der Waals surface area contributed by atoms with Crippen LogP contribution < -0.4 is 5.32 Å². The quantitative estimate of drug-likeness (QED) is 0.852. The van der Waals surface area contributed by atoms with Crippen molar-refractivity contribution in [3.63, 3.8) is 0 Å². The van der Waals surface area contributed by atoms with Crippen LogP contribution in [0.2, 0.25) is 0 Å². The van der Waals surface area contributed by atoms with E-state index in [4.69, 9.17) is 10.00 Å². The standard InChI is InChI=1S/C13H12N2O2/c14-9-11-6-7-17-13(11)15-12(16)8-10-4-2-1-3-5-10/h1-5H,6-8H2,(H,15,16). The maximum atomic E-state index is 11.7. The zero-order chi connectivity index (χ0) is 12.1. The number of carbonyl (C=O) groups excluding carboxylic acids is 1. The first kappa shape index (κ1) is 11.2. The second kappa shape index (κ2) is 5.17. The SMILES string of the molecule is N#CC1=C(NC(=O)Cc2ccccc2)OCC1. The van der Waals surface area contributed by atoms with E-state index in [0.717, 1.165) is 5.56 Å². The number of rotatable bonds is 3. The summed E-state index contributed by atoms with van der Waals surface area (Å²) in [4.78, 5) is 11.7. The third-order valence-corrected chi connectivity index (χ3v) is 2.47. The van der Waals surface area contributed by atoms with Gasteiger partial charge in [-0.2, -0.15) is 5.26 Å². The maximum Gasteiger partial charge on any atom is 0.231 e. The van der Waals surface area contributed by atoms with Gasteiger partial charge in [-0.15, -0.1) is 0 Å². The number of carbonyl (C=O) groups is 1. The van der Waals surface area contributed by atoms with Gasteiger partial charge in [0.2, 0.25) is 11.8 Å². The lowest BCUT2D eigenvalue weighted by molar-refractivity contribution is -0.120. The van der Waals surface area contributed by atoms with Gasteiger partial charge in [-0.3, -0.25) is 10.1 Å². The van der Waals surface area contributed by atoms with Crippen LogP contribution in [0.1, 0.15) is 12.0 Å². The van der Waals surface area contributed by atoms with Crippen LogP contribution >= 0.6 is 0 Å². The molecular formula is C13H12N2O2. The van der Waals surface area contributed by atoms with Gasteiger partial charge in [0.15, 0.2) is 0 Å². The molecule has 2 rings (SSSR count). The minimum atomic E-state index is -0.166. The Bertz CT molecular complexity index is 486. The van der Waals surface area contributed by atoms with Crippen molar-refractivity contribution in [2.45, 2.75) is 12.8 Å². The molecule has 0 radical (unpaired) electrons. The van der Waals surface area contributed by atoms with Crippen molar-refractivity contribution in [1.29, 1.82) is 5.26 Å². The molecule has 1 N–H and O–H groups in total. The summed E-state index contributed by atoms with van der Waals surface area (Å²) < 4.78 is 5.19. The Morgan fingerprint density at radius 1 is 1.41 bits per heavy atom. The molecule has 1 amide bonds. The lowest BCUT2D eigenvalue weighted by Crippen LogP contribution is -2.25. The Balaban J connectivity index is 1.97. The van der Waals surface area contributed by atoms with Gasteiger partial charge in [0.25, 0.3) is 0 Å². The maximum absolute atomic E-state index is 11.7. The third-order valence-electron chi connectivity index (χ3n) is 2.47. The monoisotopic (exact) mass is 228 g/mol. The van der Waals surface area contributed by atoms with Crippen LogP contribution in [0.3, 0.4) is 0 Å². The van der Waals surface area contributed by atoms with Crippen LogP contribution in [0.15, 0.2) is 41.8 Å². The van der Waals surface area contributed by atoms with Gasteiger partial charge in [0.1, 0.15) is 6.07 Å². The van der Waals surface area contributed by atoms with Crippen LogP contribution in [-0.2, 0) is 16.0 Å². The molecule has 1 aromatic carbocycles. The molecule has 0 unspecified atom stereocenters. The van der Waals surface area contributed by atoms with Crippen LogP contribution in [0.5, 0.6) is 0 Å². The van der Waals surface area contributed by atoms with Crippen LogP contribution in [0.4, 0.5) is 0 Å². The molecule has 0 atom stereocenters. The first-order chi connectivity index (χ1) is 8.29. The Morgan fingerprint density at radius 3 is 2.88 bits per heavy atom. The van der Waals surface area contributed by atoms with Gasteiger partial charge in [0.05, 0.1) is 18.6 Å². The average molecular weight is 228 g/mol. The Kier molecular flexibility index (Phi) is 3.41. The summed E-state index contributed by atoms with van der Waals surface area (Å²) in [5.41, 5.74) is 1.44. The summed E-state index contributed by atoms with van der Waals surface area (Å²) in [7, 11) is 0. The van der Waals surface area contributed by atoms with E-state index in [1.54, 1.807) is 0 Å². The number of nitrogens with one attached hydrogen (secondary N) is 1. The molecule has 0 aromatic heterocycles. The number of ether oxygens (including phenoxy) is 1. The molecule has 17 heavy (non-hydrogen) atoms. The molecule has 1 aliphatic rings. The van der Waals surface area contributed by atoms with E-state index in [9.17, 15) is 4.79 Å². The van der Waals surface area contributed by atoms with E-state index in [-0.39, 0.29) is 12.3 Å². The zero-order valence-corrected chi connectivity index (χ0v) is 9.27. The molecule has 1 aliphatic heterocycles. The van der Waals surface area contributed by atoms with E-state index < -0.39 is 0 Å². The second-order valence-electron chi connectivity index (χ2n) is 3.73. The van der Waals surface area contributed by atoms with Crippen LogP contribution in [0, 0.1) is 11.3 Å². The summed E-state index contributed by atoms with van der Waals surface area (Å²) in [6.45, 7) is 0.462. The van der Waals surface area contributed by atoms with Crippen LogP contribution in [-0.4, -0.2) is 12.5 Å². The van der Waals surface area contributed by atoms with Gasteiger partial charge in [0, 0.05) is 6.42 Å². The number of amides is 1. The van der Waals surface area contributed by atoms with E-state index in [2.05, 4.69) is 5.32 Å². The lowest BCUT2D eigenvalue weighted by Gasteiger charge is -2.06. The highest BCUT2D eigenvalue weighted by Crippen LogP contribution is 2.15. The van der Waals surface area contributed by atoms with E-state index in [0.29, 0.717) is 24.5 Å². The first-order valence-electron chi connectivity index (χ1n) is 5.39. The minimum absolute atomic E-state index is 0.166. The highest BCUT2D eigenvalue weighted by atomic mass is 16.5. The zero-order valence-electron chi connectivity index (χ0n) is 9.27. The molecule has 86 valence electrons. The molecule has 0 bridgehead atoms. The van der Waals surface area contributed by atoms with Gasteiger partial charge in [-0.1, -0.05) is 30.3 Å². The molecule has 0 fully saturated rings. The Morgan fingerprint density at radius 2 is 2.18 bits per heavy atom. The fourth-order valence-corrected chi connectivity index (χ4v) is 1.63. The van der Waals surface area contributed by atoms with E-state index >= 15 is 0 Å². The molecule has 0 saturated heterocycles. The normalized spacial score (nSPS) is 14.1. The van der Waals surface area contributed by atoms with Crippen molar-refractivity contribution in [2.24, 2.45) is 0 Å². The van der Waals surface area contributed by atoms with Crippen LogP contribution in [0.25, 0.3) is 0 Å². The van der Waals surface area contributed by atoms with Crippen molar-refractivity contribution in [3.8, 4) is 6.07 Å². The smallest absolute Gasteiger partial charge is 0.231 e. The highest BCUT2D eigenvalue weighted by molar-refractivity contribution is 5.80. The summed E-state index contributed by atoms with van der Waals surface area (Å²) in [5, 5.41) is 11.4. The van der Waals surface area contributed by atoms with Crippen molar-refractivity contribution in [2.75, 3.05) is 6.61 Å². The Labute approximate surface area is 99.5 Å².